The molecule has 24 heavy (non-hydrogen) atoms. The Hall–Kier alpha value is -2.07. The second-order valence-electron chi connectivity index (χ2n) is 5.96. The molecule has 1 heterocycles. The standard InChI is InChI=1S/C20H20BrNO2/c1-15-9-11-22(12-10-15)20(23)18-7-2-3-8-19(18)24-14-16-5-4-6-17(21)13-16/h2-8,13H,1,9-12,14H2. The van der Waals surface area contributed by atoms with E-state index in [1.807, 2.05) is 53.4 Å². The highest BCUT2D eigenvalue weighted by molar-refractivity contribution is 9.10. The zero-order chi connectivity index (χ0) is 16.9. The SMILES string of the molecule is C=C1CCN(C(=O)c2ccccc2OCc2cccc(Br)c2)CC1. The van der Waals surface area contributed by atoms with Gasteiger partial charge in [-0.3, -0.25) is 4.79 Å². The predicted octanol–water partition coefficient (Wildman–Crippen LogP) is 4.82. The van der Waals surface area contributed by atoms with E-state index in [0.29, 0.717) is 17.9 Å². The van der Waals surface area contributed by atoms with Crippen LogP contribution in [0, 0.1) is 0 Å². The fraction of sp³-hybridized carbons (Fsp3) is 0.250. The van der Waals surface area contributed by atoms with Crippen molar-refractivity contribution in [2.45, 2.75) is 19.4 Å². The largest absolute Gasteiger partial charge is 0.488 e. The Morgan fingerprint density at radius 3 is 2.62 bits per heavy atom. The van der Waals surface area contributed by atoms with Gasteiger partial charge in [-0.05, 0) is 42.7 Å². The van der Waals surface area contributed by atoms with Crippen molar-refractivity contribution in [1.82, 2.24) is 4.90 Å². The van der Waals surface area contributed by atoms with Crippen LogP contribution in [0.25, 0.3) is 0 Å². The van der Waals surface area contributed by atoms with E-state index in [-0.39, 0.29) is 5.91 Å². The second-order valence-corrected chi connectivity index (χ2v) is 6.87. The van der Waals surface area contributed by atoms with E-state index in [2.05, 4.69) is 22.5 Å². The molecule has 1 saturated heterocycles. The molecule has 1 fully saturated rings. The van der Waals surface area contributed by atoms with E-state index in [4.69, 9.17) is 4.74 Å². The first-order valence-corrected chi connectivity index (χ1v) is 8.85. The zero-order valence-electron chi connectivity index (χ0n) is 13.5. The third-order valence-electron chi connectivity index (χ3n) is 4.16. The maximum absolute atomic E-state index is 12.8. The summed E-state index contributed by atoms with van der Waals surface area (Å²) < 4.78 is 6.94. The minimum atomic E-state index is 0.0346. The molecule has 0 N–H and O–H groups in total. The summed E-state index contributed by atoms with van der Waals surface area (Å²) in [6, 6.07) is 15.4. The zero-order valence-corrected chi connectivity index (χ0v) is 15.1. The number of hydrogen-bond donors (Lipinski definition) is 0. The van der Waals surface area contributed by atoms with Gasteiger partial charge in [0.2, 0.25) is 0 Å². The molecule has 1 amide bonds. The van der Waals surface area contributed by atoms with Crippen LogP contribution in [0.4, 0.5) is 0 Å². The van der Waals surface area contributed by atoms with Gasteiger partial charge >= 0.3 is 0 Å². The summed E-state index contributed by atoms with van der Waals surface area (Å²) >= 11 is 3.46. The first-order valence-electron chi connectivity index (χ1n) is 8.05. The highest BCUT2D eigenvalue weighted by atomic mass is 79.9. The van der Waals surface area contributed by atoms with Gasteiger partial charge in [-0.1, -0.05) is 52.3 Å². The molecule has 0 radical (unpaired) electrons. The van der Waals surface area contributed by atoms with Gasteiger partial charge in [0.15, 0.2) is 0 Å². The van der Waals surface area contributed by atoms with Crippen LogP contribution in [0.15, 0.2) is 65.2 Å². The van der Waals surface area contributed by atoms with Gasteiger partial charge in [0.05, 0.1) is 5.56 Å². The molecule has 124 valence electrons. The number of carbonyl (C=O) groups is 1. The van der Waals surface area contributed by atoms with E-state index >= 15 is 0 Å². The van der Waals surface area contributed by atoms with E-state index in [0.717, 1.165) is 36.0 Å². The lowest BCUT2D eigenvalue weighted by molar-refractivity contribution is 0.0739. The van der Waals surface area contributed by atoms with Gasteiger partial charge in [0.25, 0.3) is 5.91 Å². The Morgan fingerprint density at radius 1 is 1.12 bits per heavy atom. The van der Waals surface area contributed by atoms with Gasteiger partial charge in [-0.15, -0.1) is 0 Å². The molecule has 3 rings (SSSR count). The van der Waals surface area contributed by atoms with Crippen LogP contribution in [0.5, 0.6) is 5.75 Å². The smallest absolute Gasteiger partial charge is 0.257 e. The van der Waals surface area contributed by atoms with Gasteiger partial charge < -0.3 is 9.64 Å². The number of piperidine rings is 1. The molecule has 0 spiro atoms. The maximum Gasteiger partial charge on any atom is 0.257 e. The first-order chi connectivity index (χ1) is 11.6. The molecule has 0 atom stereocenters. The van der Waals surface area contributed by atoms with Crippen molar-refractivity contribution in [2.24, 2.45) is 0 Å². The summed E-state index contributed by atoms with van der Waals surface area (Å²) in [4.78, 5) is 14.7. The van der Waals surface area contributed by atoms with Crippen molar-refractivity contribution < 1.29 is 9.53 Å². The molecule has 1 aliphatic rings. The van der Waals surface area contributed by atoms with Crippen LogP contribution in [0.3, 0.4) is 0 Å². The summed E-state index contributed by atoms with van der Waals surface area (Å²) in [5, 5.41) is 0. The van der Waals surface area contributed by atoms with Crippen molar-refractivity contribution in [1.29, 1.82) is 0 Å². The number of likely N-dealkylation sites (tertiary alicyclic amines) is 1. The van der Waals surface area contributed by atoms with Gasteiger partial charge in [0, 0.05) is 17.6 Å². The maximum atomic E-state index is 12.8. The van der Waals surface area contributed by atoms with Crippen molar-refractivity contribution >= 4 is 21.8 Å². The fourth-order valence-electron chi connectivity index (χ4n) is 2.75. The topological polar surface area (TPSA) is 29.5 Å². The highest BCUT2D eigenvalue weighted by Crippen LogP contribution is 2.24. The fourth-order valence-corrected chi connectivity index (χ4v) is 3.20. The van der Waals surface area contributed by atoms with Gasteiger partial charge in [-0.25, -0.2) is 0 Å². The average Bonchev–Trinajstić information content (AvgIpc) is 2.60. The van der Waals surface area contributed by atoms with Crippen LogP contribution in [-0.2, 0) is 6.61 Å². The minimum Gasteiger partial charge on any atom is -0.488 e. The molecule has 0 bridgehead atoms. The Balaban J connectivity index is 1.73. The lowest BCUT2D eigenvalue weighted by Gasteiger charge is -2.28. The Labute approximate surface area is 151 Å². The van der Waals surface area contributed by atoms with E-state index in [1.54, 1.807) is 0 Å². The van der Waals surface area contributed by atoms with Crippen molar-refractivity contribution in [3.05, 3.63) is 76.3 Å². The summed E-state index contributed by atoms with van der Waals surface area (Å²) in [6.07, 6.45) is 1.76. The Kier molecular flexibility index (Phi) is 5.36. The number of halogens is 1. The molecule has 2 aromatic rings. The number of nitrogens with zero attached hydrogens (tertiary/aromatic N) is 1. The lowest BCUT2D eigenvalue weighted by Crippen LogP contribution is -2.36. The predicted molar refractivity (Wildman–Crippen MR) is 99.2 cm³/mol. The molecule has 0 unspecified atom stereocenters. The molecule has 0 aliphatic carbocycles. The summed E-state index contributed by atoms with van der Waals surface area (Å²) in [7, 11) is 0. The quantitative estimate of drug-likeness (QED) is 0.705. The van der Waals surface area contributed by atoms with E-state index in [1.165, 1.54) is 5.57 Å². The number of carbonyl (C=O) groups excluding carboxylic acids is 1. The molecule has 2 aromatic carbocycles. The number of amides is 1. The molecule has 3 nitrogen and oxygen atoms in total. The number of ether oxygens (including phenoxy) is 1. The normalized spacial score (nSPS) is 14.5. The molecular weight excluding hydrogens is 366 g/mol. The number of hydrogen-bond acceptors (Lipinski definition) is 2. The molecule has 0 saturated carbocycles. The molecule has 1 aliphatic heterocycles. The average molecular weight is 386 g/mol. The van der Waals surface area contributed by atoms with Crippen molar-refractivity contribution in [2.75, 3.05) is 13.1 Å². The van der Waals surface area contributed by atoms with Crippen LogP contribution < -0.4 is 4.74 Å². The molecular formula is C20H20BrNO2. The van der Waals surface area contributed by atoms with Gasteiger partial charge in [0.1, 0.15) is 12.4 Å². The van der Waals surface area contributed by atoms with Crippen molar-refractivity contribution in [3.63, 3.8) is 0 Å². The molecule has 0 aromatic heterocycles. The third-order valence-corrected chi connectivity index (χ3v) is 4.65. The monoisotopic (exact) mass is 385 g/mol. The summed E-state index contributed by atoms with van der Waals surface area (Å²) in [6.45, 7) is 5.90. The highest BCUT2D eigenvalue weighted by Gasteiger charge is 2.22. The van der Waals surface area contributed by atoms with Crippen LogP contribution in [0.1, 0.15) is 28.8 Å². The van der Waals surface area contributed by atoms with E-state index in [9.17, 15) is 4.79 Å². The first kappa shape index (κ1) is 16.8. The minimum absolute atomic E-state index is 0.0346. The summed E-state index contributed by atoms with van der Waals surface area (Å²) in [5.74, 6) is 0.666. The van der Waals surface area contributed by atoms with Crippen LogP contribution in [-0.4, -0.2) is 23.9 Å². The Morgan fingerprint density at radius 2 is 1.88 bits per heavy atom. The van der Waals surface area contributed by atoms with Crippen LogP contribution in [0.2, 0.25) is 0 Å². The second kappa shape index (κ2) is 7.67. The number of para-hydroxylation sites is 1. The number of benzene rings is 2. The molecule has 4 heteroatoms. The third kappa shape index (κ3) is 4.06. The van der Waals surface area contributed by atoms with E-state index < -0.39 is 0 Å². The van der Waals surface area contributed by atoms with Crippen LogP contribution >= 0.6 is 15.9 Å². The van der Waals surface area contributed by atoms with Gasteiger partial charge in [-0.2, -0.15) is 0 Å². The lowest BCUT2D eigenvalue weighted by atomic mass is 10.0. The summed E-state index contributed by atoms with van der Waals surface area (Å²) in [5.41, 5.74) is 2.90. The Bertz CT molecular complexity index is 747. The van der Waals surface area contributed by atoms with Crippen molar-refractivity contribution in [3.8, 4) is 5.75 Å². The number of rotatable bonds is 4.